The van der Waals surface area contributed by atoms with E-state index in [2.05, 4.69) is 12.1 Å². The van der Waals surface area contributed by atoms with Crippen LogP contribution < -0.4 is 5.73 Å². The fourth-order valence-electron chi connectivity index (χ4n) is 3.58. The van der Waals surface area contributed by atoms with E-state index in [1.165, 1.54) is 41.9 Å². The Bertz CT molecular complexity index is 593. The van der Waals surface area contributed by atoms with Crippen molar-refractivity contribution in [3.63, 3.8) is 0 Å². The monoisotopic (exact) mass is 417 g/mol. The summed E-state index contributed by atoms with van der Waals surface area (Å²) >= 11 is 1.82. The van der Waals surface area contributed by atoms with E-state index < -0.39 is 13.1 Å². The number of rotatable bonds is 12. The van der Waals surface area contributed by atoms with Crippen LogP contribution in [0, 0.1) is 5.92 Å². The van der Waals surface area contributed by atoms with E-state index in [1.807, 2.05) is 18.3 Å². The van der Waals surface area contributed by atoms with Gasteiger partial charge in [-0.15, -0.1) is 11.3 Å². The van der Waals surface area contributed by atoms with Crippen molar-refractivity contribution in [2.45, 2.75) is 76.7 Å². The van der Waals surface area contributed by atoms with Crippen LogP contribution in [0.5, 0.6) is 0 Å². The highest BCUT2D eigenvalue weighted by Gasteiger charge is 2.23. The number of ether oxygens (including phenoxy) is 1. The zero-order valence-corrected chi connectivity index (χ0v) is 18.3. The Balaban J connectivity index is 1.60. The molecule has 0 bridgehead atoms. The summed E-state index contributed by atoms with van der Waals surface area (Å²) in [6, 6.07) is 4.34. The van der Waals surface area contributed by atoms with Gasteiger partial charge in [0.1, 0.15) is 0 Å². The first-order chi connectivity index (χ1) is 12.7. The van der Waals surface area contributed by atoms with E-state index in [0.29, 0.717) is 6.42 Å². The van der Waals surface area contributed by atoms with E-state index in [4.69, 9.17) is 20.3 Å². The summed E-state index contributed by atoms with van der Waals surface area (Å²) in [7, 11) is -3.97. The lowest BCUT2D eigenvalue weighted by atomic mass is 9.90. The van der Waals surface area contributed by atoms with Crippen LogP contribution in [0.2, 0.25) is 0 Å². The van der Waals surface area contributed by atoms with Gasteiger partial charge in [0.2, 0.25) is 0 Å². The molecule has 0 amide bonds. The molecule has 0 aromatic carbocycles. The Morgan fingerprint density at radius 1 is 1.19 bits per heavy atom. The maximum atomic E-state index is 11.0. The lowest BCUT2D eigenvalue weighted by molar-refractivity contribution is 0.0839. The molecule has 0 radical (unpaired) electrons. The molecule has 1 aliphatic rings. The molecule has 0 saturated heterocycles. The first-order valence-electron chi connectivity index (χ1n) is 10.2. The maximum Gasteiger partial charge on any atom is 0.325 e. The smallest absolute Gasteiger partial charge is 0.325 e. The van der Waals surface area contributed by atoms with Crippen molar-refractivity contribution in [2.24, 2.45) is 11.7 Å². The molecule has 5 nitrogen and oxygen atoms in total. The van der Waals surface area contributed by atoms with Crippen LogP contribution >= 0.6 is 18.9 Å². The van der Waals surface area contributed by atoms with Crippen LogP contribution in [0.15, 0.2) is 12.1 Å². The predicted octanol–water partition coefficient (Wildman–Crippen LogP) is 4.50. The standard InChI is InChI=1S/C20H36NO4PS/c1-20(21,13-15-26(22,23)24)12-11-19-10-9-18(27-19)8-5-14-25-16-17-6-3-2-4-7-17/h9-10,17H,2-8,11-16,21H2,1H3,(H2,22,23,24). The fraction of sp³-hybridized carbons (Fsp3) is 0.800. The van der Waals surface area contributed by atoms with E-state index in [0.717, 1.165) is 44.8 Å². The van der Waals surface area contributed by atoms with Crippen molar-refractivity contribution in [3.8, 4) is 0 Å². The SMILES string of the molecule is CC(N)(CCc1ccc(CCCOCC2CCCCC2)s1)CCP(=O)(O)O. The summed E-state index contributed by atoms with van der Waals surface area (Å²) in [6.07, 6.45) is 10.7. The molecule has 1 aromatic rings. The molecule has 1 atom stereocenters. The molecular formula is C20H36NO4PS. The minimum Gasteiger partial charge on any atom is -0.381 e. The molecule has 1 aliphatic carbocycles. The zero-order chi connectivity index (χ0) is 19.8. The predicted molar refractivity (Wildman–Crippen MR) is 112 cm³/mol. The van der Waals surface area contributed by atoms with Crippen molar-refractivity contribution >= 4 is 18.9 Å². The average molecular weight is 418 g/mol. The third-order valence-electron chi connectivity index (χ3n) is 5.42. The molecule has 0 aliphatic heterocycles. The first kappa shape index (κ1) is 23.1. The number of hydrogen-bond donors (Lipinski definition) is 3. The molecule has 1 heterocycles. The maximum absolute atomic E-state index is 11.0. The van der Waals surface area contributed by atoms with Crippen LogP contribution in [-0.4, -0.2) is 34.7 Å². The van der Waals surface area contributed by atoms with Gasteiger partial charge in [-0.05, 0) is 69.9 Å². The van der Waals surface area contributed by atoms with Gasteiger partial charge in [0.15, 0.2) is 0 Å². The molecule has 27 heavy (non-hydrogen) atoms. The van der Waals surface area contributed by atoms with Gasteiger partial charge in [0, 0.05) is 28.5 Å². The molecule has 156 valence electrons. The summed E-state index contributed by atoms with van der Waals surface area (Å²) in [6.45, 7) is 3.65. The molecule has 1 unspecified atom stereocenters. The Morgan fingerprint density at radius 3 is 2.52 bits per heavy atom. The summed E-state index contributed by atoms with van der Waals surface area (Å²) in [5.74, 6) is 0.781. The number of hydrogen-bond acceptors (Lipinski definition) is 4. The minimum absolute atomic E-state index is 0.142. The highest BCUT2D eigenvalue weighted by molar-refractivity contribution is 7.51. The third-order valence-corrected chi connectivity index (χ3v) is 7.44. The van der Waals surface area contributed by atoms with Crippen LogP contribution in [-0.2, 0) is 22.1 Å². The quantitative estimate of drug-likeness (QED) is 0.344. The molecule has 2 rings (SSSR count). The summed E-state index contributed by atoms with van der Waals surface area (Å²) < 4.78 is 16.9. The molecule has 1 saturated carbocycles. The second-order valence-electron chi connectivity index (χ2n) is 8.34. The summed E-state index contributed by atoms with van der Waals surface area (Å²) in [4.78, 5) is 20.7. The summed E-state index contributed by atoms with van der Waals surface area (Å²) in [5, 5.41) is 0. The molecular weight excluding hydrogens is 381 g/mol. The van der Waals surface area contributed by atoms with Gasteiger partial charge < -0.3 is 20.3 Å². The topological polar surface area (TPSA) is 92.8 Å². The van der Waals surface area contributed by atoms with Crippen LogP contribution in [0.3, 0.4) is 0 Å². The van der Waals surface area contributed by atoms with E-state index >= 15 is 0 Å². The normalized spacial score (nSPS) is 18.5. The van der Waals surface area contributed by atoms with E-state index in [9.17, 15) is 4.57 Å². The van der Waals surface area contributed by atoms with Crippen molar-refractivity contribution < 1.29 is 19.1 Å². The van der Waals surface area contributed by atoms with E-state index in [1.54, 1.807) is 0 Å². The molecule has 4 N–H and O–H groups in total. The molecule has 1 aromatic heterocycles. The van der Waals surface area contributed by atoms with Gasteiger partial charge >= 0.3 is 7.60 Å². The lowest BCUT2D eigenvalue weighted by Crippen LogP contribution is -2.37. The fourth-order valence-corrected chi connectivity index (χ4v) is 5.44. The van der Waals surface area contributed by atoms with Gasteiger partial charge in [0.05, 0.1) is 6.16 Å². The van der Waals surface area contributed by atoms with Crippen LogP contribution in [0.1, 0.15) is 68.0 Å². The number of nitrogens with two attached hydrogens (primary N) is 1. The van der Waals surface area contributed by atoms with Crippen molar-refractivity contribution in [3.05, 3.63) is 21.9 Å². The van der Waals surface area contributed by atoms with Gasteiger partial charge in [-0.25, -0.2) is 0 Å². The third kappa shape index (κ3) is 10.2. The van der Waals surface area contributed by atoms with Crippen molar-refractivity contribution in [2.75, 3.05) is 19.4 Å². The second kappa shape index (κ2) is 11.1. The Labute approximate surface area is 167 Å². The molecule has 0 spiro atoms. The Kier molecular flexibility index (Phi) is 9.46. The molecule has 1 fully saturated rings. The van der Waals surface area contributed by atoms with Gasteiger partial charge in [0.25, 0.3) is 0 Å². The first-order valence-corrected chi connectivity index (χ1v) is 12.8. The van der Waals surface area contributed by atoms with Gasteiger partial charge in [-0.1, -0.05) is 19.3 Å². The minimum atomic E-state index is -3.97. The number of thiophene rings is 1. The highest BCUT2D eigenvalue weighted by atomic mass is 32.1. The highest BCUT2D eigenvalue weighted by Crippen LogP contribution is 2.37. The van der Waals surface area contributed by atoms with Crippen molar-refractivity contribution in [1.82, 2.24) is 0 Å². The lowest BCUT2D eigenvalue weighted by Gasteiger charge is -2.24. The van der Waals surface area contributed by atoms with Gasteiger partial charge in [-0.3, -0.25) is 4.57 Å². The Hall–Kier alpha value is -0.230. The average Bonchev–Trinajstić information content (AvgIpc) is 3.07. The second-order valence-corrected chi connectivity index (χ2v) is 11.4. The van der Waals surface area contributed by atoms with Crippen LogP contribution in [0.25, 0.3) is 0 Å². The largest absolute Gasteiger partial charge is 0.381 e. The molecule has 7 heteroatoms. The van der Waals surface area contributed by atoms with Crippen molar-refractivity contribution in [1.29, 1.82) is 0 Å². The Morgan fingerprint density at radius 2 is 1.85 bits per heavy atom. The number of aryl methyl sites for hydroxylation is 2. The van der Waals surface area contributed by atoms with Gasteiger partial charge in [-0.2, -0.15) is 0 Å². The van der Waals surface area contributed by atoms with Crippen LogP contribution in [0.4, 0.5) is 0 Å². The van der Waals surface area contributed by atoms with E-state index in [-0.39, 0.29) is 6.16 Å². The zero-order valence-electron chi connectivity index (χ0n) is 16.6. The summed E-state index contributed by atoms with van der Waals surface area (Å²) in [5.41, 5.74) is 5.65.